The lowest BCUT2D eigenvalue weighted by molar-refractivity contribution is -0.127. The Morgan fingerprint density at radius 1 is 1.28 bits per heavy atom. The van der Waals surface area contributed by atoms with Gasteiger partial charge in [-0.15, -0.1) is 0 Å². The topological polar surface area (TPSA) is 74.0 Å². The Balaban J connectivity index is 1.43. The molecular weight excluding hydrogens is 314 g/mol. The van der Waals surface area contributed by atoms with E-state index in [1.807, 2.05) is 30.5 Å². The van der Waals surface area contributed by atoms with Crippen molar-refractivity contribution in [1.82, 2.24) is 15.6 Å². The molecule has 2 amide bonds. The number of hydrogen-bond donors (Lipinski definition) is 3. The van der Waals surface area contributed by atoms with Crippen molar-refractivity contribution >= 4 is 22.7 Å². The number of piperidine rings is 1. The highest BCUT2D eigenvalue weighted by Crippen LogP contribution is 2.37. The highest BCUT2D eigenvalue weighted by Gasteiger charge is 2.40. The van der Waals surface area contributed by atoms with E-state index in [4.69, 9.17) is 0 Å². The molecule has 1 aliphatic heterocycles. The Morgan fingerprint density at radius 3 is 3.00 bits per heavy atom. The van der Waals surface area contributed by atoms with Crippen molar-refractivity contribution in [2.45, 2.75) is 51.1 Å². The SMILES string of the molecule is CCC1CC(=O)NC2CC(NC(=O)c3ccc4cc[nH]c4c3)CCC12. The second kappa shape index (κ2) is 6.54. The van der Waals surface area contributed by atoms with Crippen molar-refractivity contribution < 1.29 is 9.59 Å². The third-order valence-electron chi connectivity index (χ3n) is 5.98. The lowest BCUT2D eigenvalue weighted by Crippen LogP contribution is -2.55. The van der Waals surface area contributed by atoms with E-state index in [1.165, 1.54) is 0 Å². The van der Waals surface area contributed by atoms with Crippen molar-refractivity contribution in [1.29, 1.82) is 0 Å². The molecule has 132 valence electrons. The molecule has 0 radical (unpaired) electrons. The first kappa shape index (κ1) is 16.2. The number of fused-ring (bicyclic) bond motifs is 2. The van der Waals surface area contributed by atoms with E-state index in [9.17, 15) is 9.59 Å². The van der Waals surface area contributed by atoms with Crippen molar-refractivity contribution in [2.75, 3.05) is 0 Å². The monoisotopic (exact) mass is 339 g/mol. The molecule has 4 unspecified atom stereocenters. The Morgan fingerprint density at radius 2 is 2.16 bits per heavy atom. The predicted molar refractivity (Wildman–Crippen MR) is 97.2 cm³/mol. The zero-order chi connectivity index (χ0) is 17.4. The van der Waals surface area contributed by atoms with Crippen LogP contribution < -0.4 is 10.6 Å². The van der Waals surface area contributed by atoms with Crippen molar-refractivity contribution in [3.05, 3.63) is 36.0 Å². The zero-order valence-corrected chi connectivity index (χ0v) is 14.5. The van der Waals surface area contributed by atoms with E-state index in [-0.39, 0.29) is 23.9 Å². The molecule has 2 heterocycles. The largest absolute Gasteiger partial charge is 0.361 e. The summed E-state index contributed by atoms with van der Waals surface area (Å²) < 4.78 is 0. The van der Waals surface area contributed by atoms with Gasteiger partial charge in [-0.2, -0.15) is 0 Å². The molecule has 25 heavy (non-hydrogen) atoms. The van der Waals surface area contributed by atoms with Gasteiger partial charge in [-0.25, -0.2) is 0 Å². The smallest absolute Gasteiger partial charge is 0.251 e. The number of carbonyl (C=O) groups excluding carboxylic acids is 2. The number of nitrogens with one attached hydrogen (secondary N) is 3. The molecule has 4 rings (SSSR count). The maximum absolute atomic E-state index is 12.6. The van der Waals surface area contributed by atoms with Gasteiger partial charge < -0.3 is 15.6 Å². The molecule has 2 aromatic rings. The first-order valence-electron chi connectivity index (χ1n) is 9.31. The average Bonchev–Trinajstić information content (AvgIpc) is 3.08. The molecule has 1 saturated heterocycles. The number of amides is 2. The van der Waals surface area contributed by atoms with Crippen LogP contribution in [0.4, 0.5) is 0 Å². The van der Waals surface area contributed by atoms with Gasteiger partial charge in [0.15, 0.2) is 0 Å². The highest BCUT2D eigenvalue weighted by molar-refractivity contribution is 5.98. The lowest BCUT2D eigenvalue weighted by atomic mass is 9.70. The van der Waals surface area contributed by atoms with E-state index in [1.54, 1.807) is 0 Å². The minimum absolute atomic E-state index is 0.0332. The zero-order valence-electron chi connectivity index (χ0n) is 14.5. The Bertz CT molecular complexity index is 797. The summed E-state index contributed by atoms with van der Waals surface area (Å²) in [6, 6.07) is 8.05. The molecule has 5 nitrogen and oxygen atoms in total. The fourth-order valence-electron chi connectivity index (χ4n) is 4.62. The van der Waals surface area contributed by atoms with Gasteiger partial charge in [0.2, 0.25) is 5.91 Å². The molecule has 2 aliphatic rings. The van der Waals surface area contributed by atoms with Gasteiger partial charge in [-0.05, 0) is 54.7 Å². The summed E-state index contributed by atoms with van der Waals surface area (Å²) in [6.07, 6.45) is 6.49. The van der Waals surface area contributed by atoms with Gasteiger partial charge in [0, 0.05) is 35.8 Å². The summed E-state index contributed by atoms with van der Waals surface area (Å²) in [5.41, 5.74) is 1.65. The van der Waals surface area contributed by atoms with Crippen LogP contribution in [-0.2, 0) is 4.79 Å². The van der Waals surface area contributed by atoms with Crippen LogP contribution in [-0.4, -0.2) is 28.9 Å². The fraction of sp³-hybridized carbons (Fsp3) is 0.500. The maximum Gasteiger partial charge on any atom is 0.251 e. The van der Waals surface area contributed by atoms with Crippen molar-refractivity contribution in [2.24, 2.45) is 11.8 Å². The molecule has 0 spiro atoms. The number of benzene rings is 1. The number of carbonyl (C=O) groups is 2. The van der Waals surface area contributed by atoms with Crippen LogP contribution in [0, 0.1) is 11.8 Å². The van der Waals surface area contributed by atoms with Crippen LogP contribution in [0.25, 0.3) is 10.9 Å². The third-order valence-corrected chi connectivity index (χ3v) is 5.98. The molecule has 0 bridgehead atoms. The molecule has 1 aromatic heterocycles. The summed E-state index contributed by atoms with van der Waals surface area (Å²) in [5.74, 6) is 1.18. The second-order valence-electron chi connectivity index (χ2n) is 7.47. The molecule has 2 fully saturated rings. The lowest BCUT2D eigenvalue weighted by Gasteiger charge is -2.44. The summed E-state index contributed by atoms with van der Waals surface area (Å²) in [6.45, 7) is 2.17. The predicted octanol–water partition coefficient (Wildman–Crippen LogP) is 2.98. The molecule has 5 heteroatoms. The Labute approximate surface area is 147 Å². The van der Waals surface area contributed by atoms with E-state index >= 15 is 0 Å². The van der Waals surface area contributed by atoms with E-state index in [2.05, 4.69) is 22.5 Å². The van der Waals surface area contributed by atoms with Gasteiger partial charge >= 0.3 is 0 Å². The van der Waals surface area contributed by atoms with Crippen LogP contribution in [0.3, 0.4) is 0 Å². The minimum Gasteiger partial charge on any atom is -0.361 e. The first-order valence-corrected chi connectivity index (χ1v) is 9.31. The molecule has 1 aliphatic carbocycles. The number of rotatable bonds is 3. The van der Waals surface area contributed by atoms with Crippen LogP contribution in [0.15, 0.2) is 30.5 Å². The minimum atomic E-state index is -0.0332. The Hall–Kier alpha value is -2.30. The Kier molecular flexibility index (Phi) is 4.24. The van der Waals surface area contributed by atoms with Gasteiger partial charge in [0.1, 0.15) is 0 Å². The molecule has 3 N–H and O–H groups in total. The van der Waals surface area contributed by atoms with Crippen LogP contribution >= 0.6 is 0 Å². The molecule has 1 aromatic carbocycles. The van der Waals surface area contributed by atoms with Crippen molar-refractivity contribution in [3.8, 4) is 0 Å². The van der Waals surface area contributed by atoms with Gasteiger partial charge in [-0.1, -0.05) is 19.4 Å². The summed E-state index contributed by atoms with van der Waals surface area (Å²) in [7, 11) is 0. The van der Waals surface area contributed by atoms with E-state index in [0.717, 1.165) is 36.6 Å². The maximum atomic E-state index is 12.6. The van der Waals surface area contributed by atoms with Gasteiger partial charge in [0.05, 0.1) is 0 Å². The molecule has 1 saturated carbocycles. The highest BCUT2D eigenvalue weighted by atomic mass is 16.2. The van der Waals surface area contributed by atoms with E-state index in [0.29, 0.717) is 23.8 Å². The second-order valence-corrected chi connectivity index (χ2v) is 7.47. The fourth-order valence-corrected chi connectivity index (χ4v) is 4.62. The molecule has 4 atom stereocenters. The summed E-state index contributed by atoms with van der Waals surface area (Å²) in [4.78, 5) is 27.7. The number of H-pyrrole nitrogens is 1. The quantitative estimate of drug-likeness (QED) is 0.804. The first-order chi connectivity index (χ1) is 12.1. The summed E-state index contributed by atoms with van der Waals surface area (Å²) >= 11 is 0. The number of aromatic amines is 1. The normalized spacial score (nSPS) is 29.1. The molecular formula is C20H25N3O2. The van der Waals surface area contributed by atoms with E-state index < -0.39 is 0 Å². The summed E-state index contributed by atoms with van der Waals surface area (Å²) in [5, 5.41) is 7.42. The van der Waals surface area contributed by atoms with Gasteiger partial charge in [-0.3, -0.25) is 9.59 Å². The van der Waals surface area contributed by atoms with Crippen LogP contribution in [0.2, 0.25) is 0 Å². The standard InChI is InChI=1S/C20H25N3O2/c1-2-12-10-19(24)23-18-11-15(5-6-16(12)18)22-20(25)14-4-3-13-7-8-21-17(13)9-14/h3-4,7-9,12,15-16,18,21H,2,5-6,10-11H2,1H3,(H,22,25)(H,23,24). The third kappa shape index (κ3) is 3.15. The number of hydrogen-bond acceptors (Lipinski definition) is 2. The van der Waals surface area contributed by atoms with Crippen LogP contribution in [0.1, 0.15) is 49.4 Å². The average molecular weight is 339 g/mol. The van der Waals surface area contributed by atoms with Crippen LogP contribution in [0.5, 0.6) is 0 Å². The number of aromatic nitrogens is 1. The van der Waals surface area contributed by atoms with Crippen molar-refractivity contribution in [3.63, 3.8) is 0 Å². The van der Waals surface area contributed by atoms with Gasteiger partial charge in [0.25, 0.3) is 5.91 Å².